The molecule has 0 radical (unpaired) electrons. The maximum Gasteiger partial charge on any atom is 0.160 e. The molecular formula is C14H14BrClN2. The summed E-state index contributed by atoms with van der Waals surface area (Å²) in [5.41, 5.74) is 4.10. The van der Waals surface area contributed by atoms with Gasteiger partial charge in [-0.3, -0.25) is 0 Å². The summed E-state index contributed by atoms with van der Waals surface area (Å²) >= 11 is 9.62. The SMILES string of the molecule is Cc1ccc(-c2ncc(C(C)Cl)c(C)n2)c(Br)c1. The fraction of sp³-hybridized carbons (Fsp3) is 0.286. The Morgan fingerprint density at radius 1 is 1.28 bits per heavy atom. The first-order valence-corrected chi connectivity index (χ1v) is 6.96. The Bertz CT molecular complexity index is 582. The molecule has 1 aromatic heterocycles. The third-order valence-electron chi connectivity index (χ3n) is 2.81. The zero-order valence-corrected chi connectivity index (χ0v) is 12.9. The molecule has 0 aliphatic carbocycles. The van der Waals surface area contributed by atoms with Crippen molar-refractivity contribution in [1.29, 1.82) is 0 Å². The zero-order valence-electron chi connectivity index (χ0n) is 10.5. The largest absolute Gasteiger partial charge is 0.236 e. The topological polar surface area (TPSA) is 25.8 Å². The number of aromatic nitrogens is 2. The first kappa shape index (κ1) is 13.5. The lowest BCUT2D eigenvalue weighted by Gasteiger charge is -2.09. The molecule has 2 nitrogen and oxygen atoms in total. The molecule has 0 N–H and O–H groups in total. The number of hydrogen-bond donors (Lipinski definition) is 0. The van der Waals surface area contributed by atoms with Crippen LogP contribution < -0.4 is 0 Å². The van der Waals surface area contributed by atoms with E-state index < -0.39 is 0 Å². The van der Waals surface area contributed by atoms with E-state index >= 15 is 0 Å². The molecular weight excluding hydrogens is 312 g/mol. The summed E-state index contributed by atoms with van der Waals surface area (Å²) in [4.78, 5) is 8.93. The van der Waals surface area contributed by atoms with Crippen LogP contribution in [0.15, 0.2) is 28.9 Å². The fourth-order valence-corrected chi connectivity index (χ4v) is 2.68. The van der Waals surface area contributed by atoms with E-state index in [-0.39, 0.29) is 5.38 Å². The van der Waals surface area contributed by atoms with Gasteiger partial charge in [0.05, 0.1) is 5.38 Å². The minimum absolute atomic E-state index is 0.0690. The minimum atomic E-state index is -0.0690. The highest BCUT2D eigenvalue weighted by Crippen LogP contribution is 2.28. The minimum Gasteiger partial charge on any atom is -0.236 e. The van der Waals surface area contributed by atoms with Gasteiger partial charge in [-0.1, -0.05) is 22.0 Å². The molecule has 0 amide bonds. The maximum absolute atomic E-state index is 6.07. The molecule has 1 unspecified atom stereocenters. The molecule has 1 atom stereocenters. The molecule has 2 rings (SSSR count). The summed E-state index contributed by atoms with van der Waals surface area (Å²) in [6.07, 6.45) is 1.81. The van der Waals surface area contributed by atoms with Gasteiger partial charge in [0, 0.05) is 27.5 Å². The fourth-order valence-electron chi connectivity index (χ4n) is 1.80. The van der Waals surface area contributed by atoms with Crippen LogP contribution in [0, 0.1) is 13.8 Å². The van der Waals surface area contributed by atoms with E-state index in [0.29, 0.717) is 0 Å². The van der Waals surface area contributed by atoms with Crippen LogP contribution in [0.5, 0.6) is 0 Å². The Hall–Kier alpha value is -0.930. The Kier molecular flexibility index (Phi) is 4.03. The summed E-state index contributed by atoms with van der Waals surface area (Å²) < 4.78 is 1.01. The Morgan fingerprint density at radius 3 is 2.56 bits per heavy atom. The second-order valence-corrected chi connectivity index (χ2v) is 5.84. The Labute approximate surface area is 121 Å². The molecule has 4 heteroatoms. The molecule has 0 aliphatic heterocycles. The van der Waals surface area contributed by atoms with Crippen LogP contribution in [0.4, 0.5) is 0 Å². The molecule has 0 bridgehead atoms. The molecule has 1 heterocycles. The van der Waals surface area contributed by atoms with E-state index in [4.69, 9.17) is 11.6 Å². The van der Waals surface area contributed by atoms with Gasteiger partial charge in [0.2, 0.25) is 0 Å². The van der Waals surface area contributed by atoms with Crippen molar-refractivity contribution in [1.82, 2.24) is 9.97 Å². The van der Waals surface area contributed by atoms with Gasteiger partial charge >= 0.3 is 0 Å². The normalized spacial score (nSPS) is 12.5. The van der Waals surface area contributed by atoms with Crippen LogP contribution in [0.25, 0.3) is 11.4 Å². The van der Waals surface area contributed by atoms with E-state index in [1.165, 1.54) is 5.56 Å². The lowest BCUT2D eigenvalue weighted by atomic mass is 10.1. The first-order chi connectivity index (χ1) is 8.49. The summed E-state index contributed by atoms with van der Waals surface area (Å²) in [6.45, 7) is 5.94. The van der Waals surface area contributed by atoms with Gasteiger partial charge in [-0.05, 0) is 38.5 Å². The van der Waals surface area contributed by atoms with Crippen molar-refractivity contribution in [3.63, 3.8) is 0 Å². The summed E-state index contributed by atoms with van der Waals surface area (Å²) in [5.74, 6) is 0.723. The third-order valence-corrected chi connectivity index (χ3v) is 3.70. The molecule has 94 valence electrons. The second kappa shape index (κ2) is 5.37. The molecule has 0 fully saturated rings. The van der Waals surface area contributed by atoms with Crippen LogP contribution in [0.1, 0.15) is 29.1 Å². The van der Waals surface area contributed by atoms with Crippen LogP contribution in [0.2, 0.25) is 0 Å². The van der Waals surface area contributed by atoms with E-state index in [0.717, 1.165) is 27.1 Å². The van der Waals surface area contributed by atoms with Crippen LogP contribution in [-0.2, 0) is 0 Å². The number of benzene rings is 1. The maximum atomic E-state index is 6.07. The average Bonchev–Trinajstić information content (AvgIpc) is 2.28. The number of halogens is 2. The predicted molar refractivity (Wildman–Crippen MR) is 78.9 cm³/mol. The Balaban J connectivity index is 2.49. The van der Waals surface area contributed by atoms with Crippen molar-refractivity contribution in [2.24, 2.45) is 0 Å². The van der Waals surface area contributed by atoms with Gasteiger partial charge in [0.25, 0.3) is 0 Å². The third kappa shape index (κ3) is 2.73. The highest BCUT2D eigenvalue weighted by atomic mass is 79.9. The second-order valence-electron chi connectivity index (χ2n) is 4.33. The van der Waals surface area contributed by atoms with Crippen molar-refractivity contribution in [2.45, 2.75) is 26.1 Å². The number of hydrogen-bond acceptors (Lipinski definition) is 2. The smallest absolute Gasteiger partial charge is 0.160 e. The monoisotopic (exact) mass is 324 g/mol. The van der Waals surface area contributed by atoms with E-state index in [1.54, 1.807) is 0 Å². The predicted octanol–water partition coefficient (Wildman–Crippen LogP) is 4.82. The number of rotatable bonds is 2. The highest BCUT2D eigenvalue weighted by Gasteiger charge is 2.11. The van der Waals surface area contributed by atoms with Gasteiger partial charge in [-0.25, -0.2) is 9.97 Å². The molecule has 0 aliphatic rings. The Morgan fingerprint density at radius 2 is 2.00 bits per heavy atom. The molecule has 0 saturated carbocycles. The quantitative estimate of drug-likeness (QED) is 0.740. The van der Waals surface area contributed by atoms with Gasteiger partial charge in [0.1, 0.15) is 0 Å². The van der Waals surface area contributed by atoms with Gasteiger partial charge in [-0.15, -0.1) is 11.6 Å². The van der Waals surface area contributed by atoms with Crippen molar-refractivity contribution in [3.8, 4) is 11.4 Å². The summed E-state index contributed by atoms with van der Waals surface area (Å²) in [6, 6.07) is 6.14. The molecule has 18 heavy (non-hydrogen) atoms. The highest BCUT2D eigenvalue weighted by molar-refractivity contribution is 9.10. The van der Waals surface area contributed by atoms with E-state index in [9.17, 15) is 0 Å². The van der Waals surface area contributed by atoms with E-state index in [2.05, 4.69) is 45.0 Å². The summed E-state index contributed by atoms with van der Waals surface area (Å²) in [7, 11) is 0. The van der Waals surface area contributed by atoms with Crippen LogP contribution in [-0.4, -0.2) is 9.97 Å². The molecule has 0 spiro atoms. The van der Waals surface area contributed by atoms with Gasteiger partial charge < -0.3 is 0 Å². The number of aryl methyl sites for hydroxylation is 2. The zero-order chi connectivity index (χ0) is 13.3. The first-order valence-electron chi connectivity index (χ1n) is 5.73. The van der Waals surface area contributed by atoms with Crippen LogP contribution >= 0.6 is 27.5 Å². The number of nitrogens with zero attached hydrogens (tertiary/aromatic N) is 2. The average molecular weight is 326 g/mol. The van der Waals surface area contributed by atoms with Gasteiger partial charge in [-0.2, -0.15) is 0 Å². The number of alkyl halides is 1. The lowest BCUT2D eigenvalue weighted by Crippen LogP contribution is -1.99. The van der Waals surface area contributed by atoms with Crippen molar-refractivity contribution in [2.75, 3.05) is 0 Å². The lowest BCUT2D eigenvalue weighted by molar-refractivity contribution is 0.975. The van der Waals surface area contributed by atoms with Crippen LogP contribution in [0.3, 0.4) is 0 Å². The van der Waals surface area contributed by atoms with Crippen molar-refractivity contribution >= 4 is 27.5 Å². The molecule has 0 saturated heterocycles. The molecule has 1 aromatic carbocycles. The van der Waals surface area contributed by atoms with Crippen molar-refractivity contribution < 1.29 is 0 Å². The standard InChI is InChI=1S/C14H14BrClN2/c1-8-4-5-11(13(15)6-8)14-17-7-12(9(2)16)10(3)18-14/h4-7,9H,1-3H3. The van der Waals surface area contributed by atoms with Crippen molar-refractivity contribution in [3.05, 3.63) is 45.7 Å². The molecule has 2 aromatic rings. The summed E-state index contributed by atoms with van der Waals surface area (Å²) in [5, 5.41) is -0.0690. The van der Waals surface area contributed by atoms with E-state index in [1.807, 2.05) is 26.1 Å². The van der Waals surface area contributed by atoms with Gasteiger partial charge in [0.15, 0.2) is 5.82 Å².